The van der Waals surface area contributed by atoms with Crippen molar-refractivity contribution in [3.8, 4) is 5.75 Å². The molecule has 0 aliphatic carbocycles. The number of anilines is 1. The van der Waals surface area contributed by atoms with E-state index in [1.807, 2.05) is 12.1 Å². The summed E-state index contributed by atoms with van der Waals surface area (Å²) < 4.78 is 20.0. The maximum atomic E-state index is 13.4. The van der Waals surface area contributed by atoms with E-state index in [-0.39, 0.29) is 17.3 Å². The summed E-state index contributed by atoms with van der Waals surface area (Å²) in [6.45, 7) is 15.4. The van der Waals surface area contributed by atoms with Crippen molar-refractivity contribution in [2.24, 2.45) is 0 Å². The number of aryl methyl sites for hydroxylation is 1. The second-order valence-electron chi connectivity index (χ2n) is 10.8. The lowest BCUT2D eigenvalue weighted by Gasteiger charge is -2.37. The minimum atomic E-state index is -0.298. The molecule has 0 radical (unpaired) electrons. The standard InChI is InChI=1S/C31H36FNO/c1-19-7-9-25(10-8-19)28-27-22(4)29(20(2)21(3)30(27)34-31(28,5)6)33-17-15-24(16-18-33)23-11-13-26(32)14-12-23/h7-14,24,28H,15-18H2,1-6H3. The molecule has 178 valence electrons. The topological polar surface area (TPSA) is 12.5 Å². The van der Waals surface area contributed by atoms with Crippen LogP contribution in [0.4, 0.5) is 10.1 Å². The maximum Gasteiger partial charge on any atom is 0.127 e. The van der Waals surface area contributed by atoms with E-state index in [1.165, 1.54) is 44.6 Å². The Balaban J connectivity index is 1.51. The number of benzene rings is 3. The molecular formula is C31H36FNO. The van der Waals surface area contributed by atoms with Gasteiger partial charge in [0, 0.05) is 24.3 Å². The summed E-state index contributed by atoms with van der Waals surface area (Å²) in [6.07, 6.45) is 2.17. The number of piperidine rings is 1. The number of nitrogens with zero attached hydrogens (tertiary/aromatic N) is 1. The Kier molecular flexibility index (Phi) is 5.70. The van der Waals surface area contributed by atoms with Gasteiger partial charge in [-0.3, -0.25) is 0 Å². The van der Waals surface area contributed by atoms with Crippen LogP contribution in [0.1, 0.15) is 77.5 Å². The lowest BCUT2D eigenvalue weighted by molar-refractivity contribution is 0.121. The van der Waals surface area contributed by atoms with Crippen molar-refractivity contribution < 1.29 is 9.13 Å². The highest BCUT2D eigenvalue weighted by molar-refractivity contribution is 5.72. The molecule has 3 aromatic rings. The predicted octanol–water partition coefficient (Wildman–Crippen LogP) is 7.75. The summed E-state index contributed by atoms with van der Waals surface area (Å²) in [6, 6.07) is 16.0. The monoisotopic (exact) mass is 457 g/mol. The van der Waals surface area contributed by atoms with E-state index < -0.39 is 0 Å². The average molecular weight is 458 g/mol. The molecule has 2 heterocycles. The van der Waals surface area contributed by atoms with Crippen LogP contribution in [-0.4, -0.2) is 18.7 Å². The van der Waals surface area contributed by atoms with Crippen molar-refractivity contribution in [1.29, 1.82) is 0 Å². The number of halogens is 1. The van der Waals surface area contributed by atoms with Crippen molar-refractivity contribution in [2.75, 3.05) is 18.0 Å². The quantitative estimate of drug-likeness (QED) is 0.399. The lowest BCUT2D eigenvalue weighted by atomic mass is 9.78. The Hall–Kier alpha value is -2.81. The summed E-state index contributed by atoms with van der Waals surface area (Å²) in [5.41, 5.74) is 10.2. The van der Waals surface area contributed by atoms with Gasteiger partial charge in [0.2, 0.25) is 0 Å². The van der Waals surface area contributed by atoms with Crippen molar-refractivity contribution >= 4 is 5.69 Å². The number of fused-ring (bicyclic) bond motifs is 1. The van der Waals surface area contributed by atoms with Crippen LogP contribution in [0.2, 0.25) is 0 Å². The molecule has 1 unspecified atom stereocenters. The molecule has 2 nitrogen and oxygen atoms in total. The van der Waals surface area contributed by atoms with E-state index in [0.29, 0.717) is 5.92 Å². The van der Waals surface area contributed by atoms with Crippen LogP contribution in [0.5, 0.6) is 5.75 Å². The normalized spacial score (nSPS) is 19.7. The van der Waals surface area contributed by atoms with Gasteiger partial charge in [-0.15, -0.1) is 0 Å². The zero-order valence-corrected chi connectivity index (χ0v) is 21.3. The first kappa shape index (κ1) is 23.0. The van der Waals surface area contributed by atoms with E-state index in [2.05, 4.69) is 70.7 Å². The third kappa shape index (κ3) is 3.79. The molecule has 0 amide bonds. The first-order valence-electron chi connectivity index (χ1n) is 12.6. The van der Waals surface area contributed by atoms with E-state index in [9.17, 15) is 4.39 Å². The molecule has 1 fully saturated rings. The molecule has 0 saturated carbocycles. The van der Waals surface area contributed by atoms with Gasteiger partial charge in [-0.2, -0.15) is 0 Å². The molecular weight excluding hydrogens is 421 g/mol. The molecule has 0 aromatic heterocycles. The van der Waals surface area contributed by atoms with Crippen LogP contribution in [0.3, 0.4) is 0 Å². The molecule has 0 N–H and O–H groups in total. The average Bonchev–Trinajstić information content (AvgIpc) is 3.11. The predicted molar refractivity (Wildman–Crippen MR) is 139 cm³/mol. The fraction of sp³-hybridized carbons (Fsp3) is 0.419. The first-order valence-corrected chi connectivity index (χ1v) is 12.6. The molecule has 5 rings (SSSR count). The number of ether oxygens (including phenoxy) is 1. The summed E-state index contributed by atoms with van der Waals surface area (Å²) in [7, 11) is 0. The molecule has 2 aliphatic heterocycles. The summed E-state index contributed by atoms with van der Waals surface area (Å²) in [4.78, 5) is 2.58. The Labute approximate surface area is 203 Å². The van der Waals surface area contributed by atoms with Gasteiger partial charge in [-0.25, -0.2) is 4.39 Å². The molecule has 2 aliphatic rings. The first-order chi connectivity index (χ1) is 16.2. The van der Waals surface area contributed by atoms with Gasteiger partial charge in [0.05, 0.1) is 5.92 Å². The van der Waals surface area contributed by atoms with Crippen LogP contribution in [0, 0.1) is 33.5 Å². The van der Waals surface area contributed by atoms with Crippen molar-refractivity contribution in [1.82, 2.24) is 0 Å². The second kappa shape index (κ2) is 8.45. The summed E-state index contributed by atoms with van der Waals surface area (Å²) in [5, 5.41) is 0. The zero-order valence-electron chi connectivity index (χ0n) is 21.3. The number of hydrogen-bond donors (Lipinski definition) is 0. The van der Waals surface area contributed by atoms with Crippen LogP contribution in [-0.2, 0) is 0 Å². The Bertz CT molecular complexity index is 1200. The molecule has 0 bridgehead atoms. The van der Waals surface area contributed by atoms with Crippen LogP contribution in [0.25, 0.3) is 0 Å². The van der Waals surface area contributed by atoms with E-state index >= 15 is 0 Å². The largest absolute Gasteiger partial charge is 0.486 e. The fourth-order valence-electron chi connectivity index (χ4n) is 6.25. The lowest BCUT2D eigenvalue weighted by Crippen LogP contribution is -2.34. The third-order valence-corrected chi connectivity index (χ3v) is 8.17. The zero-order chi connectivity index (χ0) is 24.2. The molecule has 0 spiro atoms. The highest BCUT2D eigenvalue weighted by Gasteiger charge is 2.45. The summed E-state index contributed by atoms with van der Waals surface area (Å²) in [5.74, 6) is 1.62. The van der Waals surface area contributed by atoms with Crippen molar-refractivity contribution in [3.63, 3.8) is 0 Å². The Morgan fingerprint density at radius 1 is 0.794 bits per heavy atom. The Morgan fingerprint density at radius 2 is 1.38 bits per heavy atom. The fourth-order valence-corrected chi connectivity index (χ4v) is 6.25. The third-order valence-electron chi connectivity index (χ3n) is 8.17. The van der Waals surface area contributed by atoms with Gasteiger partial charge < -0.3 is 9.64 Å². The maximum absolute atomic E-state index is 13.4. The summed E-state index contributed by atoms with van der Waals surface area (Å²) >= 11 is 0. The van der Waals surface area contributed by atoms with E-state index in [0.717, 1.165) is 31.7 Å². The minimum absolute atomic E-state index is 0.158. The van der Waals surface area contributed by atoms with Crippen LogP contribution >= 0.6 is 0 Å². The van der Waals surface area contributed by atoms with Gasteiger partial charge >= 0.3 is 0 Å². The highest BCUT2D eigenvalue weighted by Crippen LogP contribution is 2.54. The second-order valence-corrected chi connectivity index (χ2v) is 10.8. The van der Waals surface area contributed by atoms with Crippen molar-refractivity contribution in [2.45, 2.75) is 71.8 Å². The number of hydrogen-bond acceptors (Lipinski definition) is 2. The SMILES string of the molecule is Cc1ccc(C2c3c(C)c(N4CCC(c5ccc(F)cc5)CC4)c(C)c(C)c3OC2(C)C)cc1. The smallest absolute Gasteiger partial charge is 0.127 e. The van der Waals surface area contributed by atoms with Gasteiger partial charge in [0.25, 0.3) is 0 Å². The van der Waals surface area contributed by atoms with E-state index in [1.54, 1.807) is 12.1 Å². The minimum Gasteiger partial charge on any atom is -0.486 e. The van der Waals surface area contributed by atoms with Gasteiger partial charge in [0.1, 0.15) is 17.2 Å². The number of rotatable bonds is 3. The van der Waals surface area contributed by atoms with Gasteiger partial charge in [-0.1, -0.05) is 42.0 Å². The van der Waals surface area contributed by atoms with Crippen molar-refractivity contribution in [3.05, 3.63) is 93.3 Å². The molecule has 34 heavy (non-hydrogen) atoms. The van der Waals surface area contributed by atoms with Crippen LogP contribution in [0.15, 0.2) is 48.5 Å². The molecule has 1 saturated heterocycles. The Morgan fingerprint density at radius 3 is 2.00 bits per heavy atom. The molecule has 3 heteroatoms. The van der Waals surface area contributed by atoms with Crippen LogP contribution < -0.4 is 9.64 Å². The van der Waals surface area contributed by atoms with E-state index in [4.69, 9.17) is 4.74 Å². The highest BCUT2D eigenvalue weighted by atomic mass is 19.1. The van der Waals surface area contributed by atoms with Gasteiger partial charge in [0.15, 0.2) is 0 Å². The van der Waals surface area contributed by atoms with Gasteiger partial charge in [-0.05, 0) is 100 Å². The molecule has 1 atom stereocenters. The molecule has 3 aromatic carbocycles.